The van der Waals surface area contributed by atoms with Crippen LogP contribution in [-0.4, -0.2) is 32.3 Å². The summed E-state index contributed by atoms with van der Waals surface area (Å²) in [5.41, 5.74) is 1.26. The molecule has 0 heterocycles. The van der Waals surface area contributed by atoms with Gasteiger partial charge in [-0.05, 0) is 18.4 Å². The smallest absolute Gasteiger partial charge is 0.309 e. The number of esters is 1. The third kappa shape index (κ3) is 5.85. The predicted octanol–water partition coefficient (Wildman–Crippen LogP) is 1.75. The second kappa shape index (κ2) is 7.92. The largest absolute Gasteiger partial charge is 0.463 e. The van der Waals surface area contributed by atoms with Gasteiger partial charge in [-0.25, -0.2) is 0 Å². The number of benzene rings is 1. The molecule has 1 aromatic carbocycles. The van der Waals surface area contributed by atoms with Gasteiger partial charge in [0.25, 0.3) is 0 Å². The maximum Gasteiger partial charge on any atom is 0.309 e. The van der Waals surface area contributed by atoms with Crippen LogP contribution < -0.4 is 5.32 Å². The molecule has 0 radical (unpaired) electrons. The molecular formula is C15H21NO3. The molecule has 0 aromatic heterocycles. The van der Waals surface area contributed by atoms with Crippen molar-refractivity contribution in [2.75, 3.05) is 26.4 Å². The van der Waals surface area contributed by atoms with Crippen molar-refractivity contribution in [3.05, 3.63) is 35.9 Å². The molecule has 104 valence electrons. The highest BCUT2D eigenvalue weighted by Gasteiger charge is 2.30. The Balaban J connectivity index is 1.39. The summed E-state index contributed by atoms with van der Waals surface area (Å²) in [6, 6.07) is 10.2. The van der Waals surface area contributed by atoms with Crippen LogP contribution in [0.3, 0.4) is 0 Å². The van der Waals surface area contributed by atoms with Gasteiger partial charge < -0.3 is 14.8 Å². The minimum atomic E-state index is -0.0641. The van der Waals surface area contributed by atoms with Gasteiger partial charge in [0, 0.05) is 13.1 Å². The van der Waals surface area contributed by atoms with Crippen LogP contribution in [0.1, 0.15) is 18.4 Å². The highest BCUT2D eigenvalue weighted by molar-refractivity contribution is 5.74. The van der Waals surface area contributed by atoms with Crippen molar-refractivity contribution in [3.8, 4) is 0 Å². The van der Waals surface area contributed by atoms with Crippen molar-refractivity contribution >= 4 is 5.97 Å². The quantitative estimate of drug-likeness (QED) is 0.544. The van der Waals surface area contributed by atoms with E-state index in [9.17, 15) is 4.79 Å². The molecule has 19 heavy (non-hydrogen) atoms. The van der Waals surface area contributed by atoms with Crippen LogP contribution in [0.2, 0.25) is 0 Å². The molecule has 1 aliphatic carbocycles. The van der Waals surface area contributed by atoms with E-state index in [1.165, 1.54) is 5.56 Å². The lowest BCUT2D eigenvalue weighted by molar-refractivity contribution is -0.146. The van der Waals surface area contributed by atoms with Crippen LogP contribution in [0.5, 0.6) is 0 Å². The Morgan fingerprint density at radius 3 is 2.68 bits per heavy atom. The number of nitrogens with one attached hydrogen (secondary N) is 1. The number of rotatable bonds is 9. The molecule has 0 amide bonds. The van der Waals surface area contributed by atoms with E-state index < -0.39 is 0 Å². The lowest BCUT2D eigenvalue weighted by Crippen LogP contribution is -2.20. The normalized spacial score (nSPS) is 14.3. The summed E-state index contributed by atoms with van der Waals surface area (Å²) < 4.78 is 10.4. The van der Waals surface area contributed by atoms with E-state index in [1.807, 2.05) is 18.2 Å². The van der Waals surface area contributed by atoms with Gasteiger partial charge in [0.2, 0.25) is 0 Å². The summed E-state index contributed by atoms with van der Waals surface area (Å²) in [5, 5.41) is 3.30. The summed E-state index contributed by atoms with van der Waals surface area (Å²) in [4.78, 5) is 11.2. The Hall–Kier alpha value is -1.39. The van der Waals surface area contributed by atoms with Gasteiger partial charge in [-0.3, -0.25) is 4.79 Å². The fourth-order valence-corrected chi connectivity index (χ4v) is 1.71. The van der Waals surface area contributed by atoms with Gasteiger partial charge in [0.15, 0.2) is 0 Å². The molecule has 4 heteroatoms. The average Bonchev–Trinajstić information content (AvgIpc) is 3.27. The molecule has 1 aliphatic rings. The molecule has 0 aliphatic heterocycles. The fourth-order valence-electron chi connectivity index (χ4n) is 1.71. The van der Waals surface area contributed by atoms with E-state index >= 15 is 0 Å². The van der Waals surface area contributed by atoms with Crippen LogP contribution in [0, 0.1) is 5.92 Å². The van der Waals surface area contributed by atoms with E-state index in [1.54, 1.807) is 0 Å². The molecule has 2 rings (SSSR count). The molecule has 0 spiro atoms. The van der Waals surface area contributed by atoms with Crippen LogP contribution in [0.25, 0.3) is 0 Å². The Bertz CT molecular complexity index is 376. The van der Waals surface area contributed by atoms with Crippen molar-refractivity contribution in [1.29, 1.82) is 0 Å². The SMILES string of the molecule is O=C(OCCOCCNCc1ccccc1)C1CC1. The molecule has 0 bridgehead atoms. The average molecular weight is 263 g/mol. The van der Waals surface area contributed by atoms with Crippen LogP contribution in [-0.2, 0) is 20.8 Å². The van der Waals surface area contributed by atoms with E-state index in [2.05, 4.69) is 17.4 Å². The van der Waals surface area contributed by atoms with Gasteiger partial charge in [0.05, 0.1) is 19.1 Å². The molecule has 1 fully saturated rings. The van der Waals surface area contributed by atoms with Gasteiger partial charge in [-0.1, -0.05) is 30.3 Å². The maximum absolute atomic E-state index is 11.2. The number of hydrogen-bond acceptors (Lipinski definition) is 4. The Morgan fingerprint density at radius 2 is 1.95 bits per heavy atom. The zero-order valence-electron chi connectivity index (χ0n) is 11.1. The summed E-state index contributed by atoms with van der Waals surface area (Å²) in [6.45, 7) is 3.12. The van der Waals surface area contributed by atoms with Crippen LogP contribution in [0.4, 0.5) is 0 Å². The molecule has 0 saturated heterocycles. The summed E-state index contributed by atoms with van der Waals surface area (Å²) in [7, 11) is 0. The van der Waals surface area contributed by atoms with Crippen molar-refractivity contribution in [1.82, 2.24) is 5.32 Å². The number of carbonyl (C=O) groups is 1. The topological polar surface area (TPSA) is 47.6 Å². The first-order chi connectivity index (χ1) is 9.36. The second-order valence-electron chi connectivity index (χ2n) is 4.72. The molecule has 4 nitrogen and oxygen atoms in total. The second-order valence-corrected chi connectivity index (χ2v) is 4.72. The zero-order chi connectivity index (χ0) is 13.3. The fraction of sp³-hybridized carbons (Fsp3) is 0.533. The maximum atomic E-state index is 11.2. The minimum Gasteiger partial charge on any atom is -0.463 e. The highest BCUT2D eigenvalue weighted by atomic mass is 16.6. The van der Waals surface area contributed by atoms with E-state index in [0.717, 1.165) is 25.9 Å². The monoisotopic (exact) mass is 263 g/mol. The van der Waals surface area contributed by atoms with Gasteiger partial charge in [-0.2, -0.15) is 0 Å². The first-order valence-corrected chi connectivity index (χ1v) is 6.85. The van der Waals surface area contributed by atoms with Gasteiger partial charge in [-0.15, -0.1) is 0 Å². The predicted molar refractivity (Wildman–Crippen MR) is 72.7 cm³/mol. The van der Waals surface area contributed by atoms with Gasteiger partial charge in [0.1, 0.15) is 6.61 Å². The lowest BCUT2D eigenvalue weighted by Gasteiger charge is -2.07. The standard InChI is InChI=1S/C15H21NO3/c17-15(14-6-7-14)19-11-10-18-9-8-16-12-13-4-2-1-3-5-13/h1-5,14,16H,6-12H2. The highest BCUT2D eigenvalue weighted by Crippen LogP contribution is 2.29. The van der Waals surface area contributed by atoms with Gasteiger partial charge >= 0.3 is 5.97 Å². The Labute approximate surface area is 114 Å². The van der Waals surface area contributed by atoms with E-state index in [4.69, 9.17) is 9.47 Å². The summed E-state index contributed by atoms with van der Waals surface area (Å²) >= 11 is 0. The Morgan fingerprint density at radius 1 is 1.16 bits per heavy atom. The number of carbonyl (C=O) groups excluding carboxylic acids is 1. The third-order valence-corrected chi connectivity index (χ3v) is 2.98. The Kier molecular flexibility index (Phi) is 5.85. The van der Waals surface area contributed by atoms with E-state index in [-0.39, 0.29) is 11.9 Å². The molecular weight excluding hydrogens is 242 g/mol. The molecule has 1 N–H and O–H groups in total. The lowest BCUT2D eigenvalue weighted by atomic mass is 10.2. The van der Waals surface area contributed by atoms with Crippen molar-refractivity contribution < 1.29 is 14.3 Å². The molecule has 1 saturated carbocycles. The minimum absolute atomic E-state index is 0.0641. The van der Waals surface area contributed by atoms with Crippen molar-refractivity contribution in [3.63, 3.8) is 0 Å². The first-order valence-electron chi connectivity index (χ1n) is 6.85. The number of ether oxygens (including phenoxy) is 2. The van der Waals surface area contributed by atoms with Crippen molar-refractivity contribution in [2.45, 2.75) is 19.4 Å². The van der Waals surface area contributed by atoms with Crippen molar-refractivity contribution in [2.24, 2.45) is 5.92 Å². The molecule has 0 unspecified atom stereocenters. The number of hydrogen-bond donors (Lipinski definition) is 1. The first kappa shape index (κ1) is 14.0. The van der Waals surface area contributed by atoms with Crippen LogP contribution >= 0.6 is 0 Å². The zero-order valence-corrected chi connectivity index (χ0v) is 11.1. The van der Waals surface area contributed by atoms with E-state index in [0.29, 0.717) is 19.8 Å². The molecule has 1 aromatic rings. The molecule has 0 atom stereocenters. The van der Waals surface area contributed by atoms with Crippen LogP contribution in [0.15, 0.2) is 30.3 Å². The summed E-state index contributed by atoms with van der Waals surface area (Å²) in [5.74, 6) is 0.110. The third-order valence-electron chi connectivity index (χ3n) is 2.98. The summed E-state index contributed by atoms with van der Waals surface area (Å²) in [6.07, 6.45) is 1.98.